The van der Waals surface area contributed by atoms with Crippen LogP contribution in [0.15, 0.2) is 0 Å². The quantitative estimate of drug-likeness (QED) is 0.446. The highest BCUT2D eigenvalue weighted by molar-refractivity contribution is 7.51. The van der Waals surface area contributed by atoms with Gasteiger partial charge in [0.25, 0.3) is 0 Å². The molecule has 1 rings (SSSR count). The molecule has 0 radical (unpaired) electrons. The molecule has 0 aromatic rings. The van der Waals surface area contributed by atoms with Crippen molar-refractivity contribution in [2.24, 2.45) is 11.3 Å². The Labute approximate surface area is 159 Å². The van der Waals surface area contributed by atoms with Crippen LogP contribution in [0, 0.1) is 11.3 Å². The fourth-order valence-electron chi connectivity index (χ4n) is 2.36. The van der Waals surface area contributed by atoms with E-state index in [0.717, 1.165) is 0 Å². The Hall–Kier alpha value is -1.48. The normalized spacial score (nSPS) is 25.5. The number of carbonyl (C=O) groups is 3. The zero-order valence-corrected chi connectivity index (χ0v) is 17.5. The maximum absolute atomic E-state index is 13.0. The van der Waals surface area contributed by atoms with Crippen molar-refractivity contribution in [1.82, 2.24) is 10.4 Å². The number of methoxy groups -OCH3 is 2. The van der Waals surface area contributed by atoms with Crippen LogP contribution in [-0.2, 0) is 37.5 Å². The SMILES string of the molecule is COC(=O)CCNC(=O)[C@@H]1OP(=O)(NC(C(=O)OC)C(C)C)OCC1(C)C. The van der Waals surface area contributed by atoms with Crippen molar-refractivity contribution in [2.75, 3.05) is 27.4 Å². The van der Waals surface area contributed by atoms with Crippen LogP contribution in [0.25, 0.3) is 0 Å². The van der Waals surface area contributed by atoms with E-state index >= 15 is 0 Å². The van der Waals surface area contributed by atoms with Crippen molar-refractivity contribution in [2.45, 2.75) is 46.3 Å². The Bertz CT molecular complexity index is 607. The van der Waals surface area contributed by atoms with Crippen LogP contribution in [0.4, 0.5) is 0 Å². The monoisotopic (exact) mass is 408 g/mol. The number of nitrogens with one attached hydrogen (secondary N) is 2. The molecule has 0 aliphatic carbocycles. The third-order valence-corrected chi connectivity index (χ3v) is 5.63. The third kappa shape index (κ3) is 6.57. The van der Waals surface area contributed by atoms with Gasteiger partial charge in [-0.15, -0.1) is 0 Å². The molecule has 10 nitrogen and oxygen atoms in total. The van der Waals surface area contributed by atoms with Gasteiger partial charge >= 0.3 is 19.7 Å². The molecule has 27 heavy (non-hydrogen) atoms. The van der Waals surface area contributed by atoms with Gasteiger partial charge in [0.05, 0.1) is 27.2 Å². The van der Waals surface area contributed by atoms with Gasteiger partial charge in [-0.1, -0.05) is 27.7 Å². The minimum atomic E-state index is -3.94. The molecular formula is C16H29N2O8P. The van der Waals surface area contributed by atoms with E-state index in [1.165, 1.54) is 14.2 Å². The van der Waals surface area contributed by atoms with E-state index in [1.54, 1.807) is 27.7 Å². The van der Waals surface area contributed by atoms with Gasteiger partial charge in [0.1, 0.15) is 6.04 Å². The molecule has 0 aromatic carbocycles. The lowest BCUT2D eigenvalue weighted by Gasteiger charge is -2.41. The van der Waals surface area contributed by atoms with Crippen LogP contribution in [0.2, 0.25) is 0 Å². The fraction of sp³-hybridized carbons (Fsp3) is 0.812. The first-order valence-corrected chi connectivity index (χ1v) is 10.1. The number of carbonyl (C=O) groups excluding carboxylic acids is 3. The topological polar surface area (TPSA) is 129 Å². The molecule has 2 unspecified atom stereocenters. The summed E-state index contributed by atoms with van der Waals surface area (Å²) in [6, 6.07) is -0.926. The Morgan fingerprint density at radius 3 is 2.37 bits per heavy atom. The van der Waals surface area contributed by atoms with Crippen molar-refractivity contribution >= 4 is 25.6 Å². The van der Waals surface area contributed by atoms with E-state index in [2.05, 4.69) is 15.1 Å². The van der Waals surface area contributed by atoms with Crippen molar-refractivity contribution in [1.29, 1.82) is 0 Å². The van der Waals surface area contributed by atoms with Gasteiger partial charge in [0, 0.05) is 12.0 Å². The highest BCUT2D eigenvalue weighted by Gasteiger charge is 2.49. The third-order valence-electron chi connectivity index (χ3n) is 4.07. The van der Waals surface area contributed by atoms with Crippen molar-refractivity contribution in [3.8, 4) is 0 Å². The molecule has 1 heterocycles. The molecule has 1 amide bonds. The molecule has 1 aliphatic rings. The summed E-state index contributed by atoms with van der Waals surface area (Å²) in [7, 11) is -1.47. The molecule has 11 heteroatoms. The summed E-state index contributed by atoms with van der Waals surface area (Å²) in [5.41, 5.74) is -0.774. The van der Waals surface area contributed by atoms with Crippen LogP contribution in [0.1, 0.15) is 34.1 Å². The number of hydrogen-bond donors (Lipinski definition) is 2. The molecule has 1 fully saturated rings. The standard InChI is InChI=1S/C16H29N2O8P/c1-10(2)12(15(21)24-6)18-27(22)25-9-16(3,4)13(26-27)14(20)17-8-7-11(19)23-5/h10,12-13H,7-9H2,1-6H3,(H,17,20)(H,18,22)/t12?,13-,27?/m0/s1. The van der Waals surface area contributed by atoms with Crippen LogP contribution in [0.5, 0.6) is 0 Å². The summed E-state index contributed by atoms with van der Waals surface area (Å²) in [4.78, 5) is 35.6. The Morgan fingerprint density at radius 2 is 1.85 bits per heavy atom. The lowest BCUT2D eigenvalue weighted by molar-refractivity contribution is -0.144. The first kappa shape index (κ1) is 23.6. The predicted octanol–water partition coefficient (Wildman–Crippen LogP) is 1.00. The van der Waals surface area contributed by atoms with Gasteiger partial charge in [-0.3, -0.25) is 23.4 Å². The van der Waals surface area contributed by atoms with Gasteiger partial charge in [-0.25, -0.2) is 9.65 Å². The molecule has 1 aliphatic heterocycles. The van der Waals surface area contributed by atoms with E-state index in [0.29, 0.717) is 0 Å². The molecule has 3 atom stereocenters. The average Bonchev–Trinajstić information content (AvgIpc) is 2.61. The van der Waals surface area contributed by atoms with Gasteiger partial charge in [-0.2, -0.15) is 0 Å². The first-order chi connectivity index (χ1) is 12.5. The number of amides is 1. The minimum absolute atomic E-state index is 0.000433. The summed E-state index contributed by atoms with van der Waals surface area (Å²) in [5, 5.41) is 5.13. The van der Waals surface area contributed by atoms with E-state index in [-0.39, 0.29) is 25.5 Å². The Kier molecular flexibility index (Phi) is 8.41. The Morgan fingerprint density at radius 1 is 1.22 bits per heavy atom. The van der Waals surface area contributed by atoms with Gasteiger partial charge < -0.3 is 14.8 Å². The van der Waals surface area contributed by atoms with Crippen LogP contribution < -0.4 is 10.4 Å². The highest BCUT2D eigenvalue weighted by Crippen LogP contribution is 2.53. The summed E-state index contributed by atoms with van der Waals surface area (Å²) in [5.74, 6) is -1.87. The highest BCUT2D eigenvalue weighted by atomic mass is 31.2. The molecule has 0 aromatic heterocycles. The summed E-state index contributed by atoms with van der Waals surface area (Å²) in [6.07, 6.45) is -1.10. The van der Waals surface area contributed by atoms with E-state index in [1.807, 2.05) is 0 Å². The second-order valence-corrected chi connectivity index (χ2v) is 8.96. The smallest absolute Gasteiger partial charge is 0.407 e. The number of ether oxygens (including phenoxy) is 2. The number of rotatable bonds is 8. The molecule has 1 saturated heterocycles. The van der Waals surface area contributed by atoms with Gasteiger partial charge in [0.2, 0.25) is 5.91 Å². The van der Waals surface area contributed by atoms with Crippen molar-refractivity contribution in [3.05, 3.63) is 0 Å². The number of hydrogen-bond acceptors (Lipinski definition) is 8. The van der Waals surface area contributed by atoms with E-state index in [4.69, 9.17) is 13.8 Å². The van der Waals surface area contributed by atoms with Crippen LogP contribution in [0.3, 0.4) is 0 Å². The predicted molar refractivity (Wildman–Crippen MR) is 95.6 cm³/mol. The van der Waals surface area contributed by atoms with Gasteiger partial charge in [0.15, 0.2) is 6.10 Å². The average molecular weight is 408 g/mol. The number of esters is 2. The molecule has 0 spiro atoms. The molecular weight excluding hydrogens is 379 g/mol. The fourth-order valence-corrected chi connectivity index (χ4v) is 4.46. The maximum Gasteiger partial charge on any atom is 0.407 e. The minimum Gasteiger partial charge on any atom is -0.469 e. The lowest BCUT2D eigenvalue weighted by atomic mass is 9.87. The maximum atomic E-state index is 13.0. The molecule has 156 valence electrons. The van der Waals surface area contributed by atoms with E-state index in [9.17, 15) is 18.9 Å². The largest absolute Gasteiger partial charge is 0.469 e. The Balaban J connectivity index is 2.86. The zero-order valence-electron chi connectivity index (χ0n) is 16.6. The second kappa shape index (κ2) is 9.64. The molecule has 2 N–H and O–H groups in total. The summed E-state index contributed by atoms with van der Waals surface area (Å²) in [6.45, 7) is 6.95. The van der Waals surface area contributed by atoms with Gasteiger partial charge in [-0.05, 0) is 5.92 Å². The molecule has 0 saturated carbocycles. The second-order valence-electron chi connectivity index (χ2n) is 7.24. The first-order valence-electron chi connectivity index (χ1n) is 8.59. The summed E-state index contributed by atoms with van der Waals surface area (Å²) >= 11 is 0. The summed E-state index contributed by atoms with van der Waals surface area (Å²) < 4.78 is 33.1. The van der Waals surface area contributed by atoms with Crippen molar-refractivity contribution < 1.29 is 37.5 Å². The molecule has 0 bridgehead atoms. The van der Waals surface area contributed by atoms with E-state index < -0.39 is 43.2 Å². The van der Waals surface area contributed by atoms with Crippen LogP contribution in [-0.4, -0.2) is 57.4 Å². The van der Waals surface area contributed by atoms with Crippen molar-refractivity contribution in [3.63, 3.8) is 0 Å². The van der Waals surface area contributed by atoms with Crippen LogP contribution >= 0.6 is 7.75 Å². The lowest BCUT2D eigenvalue weighted by Crippen LogP contribution is -2.52. The zero-order chi connectivity index (χ0) is 20.8.